The summed E-state index contributed by atoms with van der Waals surface area (Å²) < 4.78 is 13.4. The first kappa shape index (κ1) is 12.8. The van der Waals surface area contributed by atoms with Gasteiger partial charge in [-0.25, -0.2) is 9.18 Å². The summed E-state index contributed by atoms with van der Waals surface area (Å²) in [5.74, 6) is -0.165. The fourth-order valence-corrected chi connectivity index (χ4v) is 2.14. The van der Waals surface area contributed by atoms with Crippen LogP contribution in [0.2, 0.25) is 0 Å². The summed E-state index contributed by atoms with van der Waals surface area (Å²) in [6.07, 6.45) is -0.191. The molecule has 4 nitrogen and oxygen atoms in total. The van der Waals surface area contributed by atoms with E-state index in [-0.39, 0.29) is 5.82 Å². The van der Waals surface area contributed by atoms with Gasteiger partial charge in [0.1, 0.15) is 5.82 Å². The molecule has 1 aromatic rings. The molecule has 1 aliphatic heterocycles. The number of carbonyl (C=O) groups is 1. The standard InChI is InChI=1S/C13H17FN2O2/c14-12-4-2-1-3-11(12)5-6-15-7-9-16(10-8-15)13(17)18/h1-4H,5-10H2,(H,17,18). The van der Waals surface area contributed by atoms with Crippen LogP contribution in [0.5, 0.6) is 0 Å². The van der Waals surface area contributed by atoms with Crippen LogP contribution in [0.25, 0.3) is 0 Å². The molecule has 0 unspecified atom stereocenters. The van der Waals surface area contributed by atoms with Crippen molar-refractivity contribution in [2.24, 2.45) is 0 Å². The highest BCUT2D eigenvalue weighted by Crippen LogP contribution is 2.09. The van der Waals surface area contributed by atoms with Gasteiger partial charge in [0, 0.05) is 32.7 Å². The molecule has 1 saturated heterocycles. The molecule has 5 heteroatoms. The first-order valence-corrected chi connectivity index (χ1v) is 6.10. The van der Waals surface area contributed by atoms with E-state index in [1.807, 2.05) is 6.07 Å². The second kappa shape index (κ2) is 5.82. The zero-order chi connectivity index (χ0) is 13.0. The number of carboxylic acid groups (broad SMARTS) is 1. The third-order valence-electron chi connectivity index (χ3n) is 3.30. The number of benzene rings is 1. The van der Waals surface area contributed by atoms with E-state index in [0.717, 1.165) is 25.2 Å². The van der Waals surface area contributed by atoms with Gasteiger partial charge >= 0.3 is 6.09 Å². The Morgan fingerprint density at radius 1 is 1.22 bits per heavy atom. The SMILES string of the molecule is O=C(O)N1CCN(CCc2ccccc2F)CC1. The lowest BCUT2D eigenvalue weighted by molar-refractivity contribution is 0.106. The van der Waals surface area contributed by atoms with Crippen LogP contribution >= 0.6 is 0 Å². The molecule has 18 heavy (non-hydrogen) atoms. The predicted molar refractivity (Wildman–Crippen MR) is 66.1 cm³/mol. The summed E-state index contributed by atoms with van der Waals surface area (Å²) in [4.78, 5) is 14.3. The van der Waals surface area contributed by atoms with Crippen molar-refractivity contribution in [2.75, 3.05) is 32.7 Å². The maximum Gasteiger partial charge on any atom is 0.407 e. The van der Waals surface area contributed by atoms with E-state index in [2.05, 4.69) is 4.90 Å². The Kier molecular flexibility index (Phi) is 4.15. The van der Waals surface area contributed by atoms with Gasteiger partial charge in [-0.15, -0.1) is 0 Å². The van der Waals surface area contributed by atoms with Crippen LogP contribution in [0.15, 0.2) is 24.3 Å². The van der Waals surface area contributed by atoms with Gasteiger partial charge in [-0.1, -0.05) is 18.2 Å². The predicted octanol–water partition coefficient (Wildman–Crippen LogP) is 1.66. The Bertz CT molecular complexity index is 417. The lowest BCUT2D eigenvalue weighted by atomic mass is 10.1. The highest BCUT2D eigenvalue weighted by atomic mass is 19.1. The van der Waals surface area contributed by atoms with Crippen LogP contribution < -0.4 is 0 Å². The van der Waals surface area contributed by atoms with Crippen LogP contribution in [-0.4, -0.2) is 53.7 Å². The number of rotatable bonds is 3. The fourth-order valence-electron chi connectivity index (χ4n) is 2.14. The quantitative estimate of drug-likeness (QED) is 0.889. The van der Waals surface area contributed by atoms with Gasteiger partial charge in [0.15, 0.2) is 0 Å². The number of piperazine rings is 1. The zero-order valence-electron chi connectivity index (χ0n) is 10.2. The van der Waals surface area contributed by atoms with Gasteiger partial charge in [-0.3, -0.25) is 4.90 Å². The molecule has 0 saturated carbocycles. The Hall–Kier alpha value is -1.62. The zero-order valence-corrected chi connectivity index (χ0v) is 10.2. The minimum atomic E-state index is -0.858. The summed E-state index contributed by atoms with van der Waals surface area (Å²) >= 11 is 0. The Morgan fingerprint density at radius 2 is 1.89 bits per heavy atom. The minimum absolute atomic E-state index is 0.165. The Labute approximate surface area is 106 Å². The van der Waals surface area contributed by atoms with Gasteiger partial charge in [0.05, 0.1) is 0 Å². The maximum absolute atomic E-state index is 13.4. The van der Waals surface area contributed by atoms with E-state index < -0.39 is 6.09 Å². The first-order valence-electron chi connectivity index (χ1n) is 6.10. The van der Waals surface area contributed by atoms with E-state index >= 15 is 0 Å². The molecule has 0 aliphatic carbocycles. The van der Waals surface area contributed by atoms with Gasteiger partial charge in [0.25, 0.3) is 0 Å². The second-order valence-electron chi connectivity index (χ2n) is 4.45. The molecule has 0 aromatic heterocycles. The molecule has 0 radical (unpaired) electrons. The summed E-state index contributed by atoms with van der Waals surface area (Å²) in [5, 5.41) is 8.83. The average molecular weight is 252 g/mol. The normalized spacial score (nSPS) is 16.8. The molecule has 2 rings (SSSR count). The molecule has 0 atom stereocenters. The molecule has 0 spiro atoms. The minimum Gasteiger partial charge on any atom is -0.465 e. The van der Waals surface area contributed by atoms with Crippen molar-refractivity contribution in [3.63, 3.8) is 0 Å². The summed E-state index contributed by atoms with van der Waals surface area (Å²) in [5.41, 5.74) is 0.721. The highest BCUT2D eigenvalue weighted by molar-refractivity contribution is 5.65. The first-order chi connectivity index (χ1) is 8.66. The summed E-state index contributed by atoms with van der Waals surface area (Å²) in [6, 6.07) is 6.78. The van der Waals surface area contributed by atoms with Gasteiger partial charge in [-0.05, 0) is 18.1 Å². The summed E-state index contributed by atoms with van der Waals surface area (Å²) in [7, 11) is 0. The number of hydrogen-bond acceptors (Lipinski definition) is 2. The number of halogens is 1. The fraction of sp³-hybridized carbons (Fsp3) is 0.462. The molecular weight excluding hydrogens is 235 g/mol. The number of hydrogen-bond donors (Lipinski definition) is 1. The smallest absolute Gasteiger partial charge is 0.407 e. The maximum atomic E-state index is 13.4. The molecule has 0 bridgehead atoms. The number of nitrogens with zero attached hydrogens (tertiary/aromatic N) is 2. The van der Waals surface area contributed by atoms with E-state index in [1.54, 1.807) is 12.1 Å². The Balaban J connectivity index is 1.79. The van der Waals surface area contributed by atoms with Crippen molar-refractivity contribution in [3.05, 3.63) is 35.6 Å². The van der Waals surface area contributed by atoms with Gasteiger partial charge in [0.2, 0.25) is 0 Å². The average Bonchev–Trinajstić information content (AvgIpc) is 2.38. The molecular formula is C13H17FN2O2. The van der Waals surface area contributed by atoms with Crippen molar-refractivity contribution in [3.8, 4) is 0 Å². The van der Waals surface area contributed by atoms with Crippen LogP contribution in [0.3, 0.4) is 0 Å². The monoisotopic (exact) mass is 252 g/mol. The molecule has 1 N–H and O–H groups in total. The molecule has 1 heterocycles. The highest BCUT2D eigenvalue weighted by Gasteiger charge is 2.19. The molecule has 1 aromatic carbocycles. The Morgan fingerprint density at radius 3 is 2.50 bits per heavy atom. The van der Waals surface area contributed by atoms with E-state index in [9.17, 15) is 9.18 Å². The van der Waals surface area contributed by atoms with Crippen molar-refractivity contribution in [2.45, 2.75) is 6.42 Å². The lowest BCUT2D eigenvalue weighted by Gasteiger charge is -2.33. The molecule has 98 valence electrons. The van der Waals surface area contributed by atoms with E-state index in [4.69, 9.17) is 5.11 Å². The largest absolute Gasteiger partial charge is 0.465 e. The van der Waals surface area contributed by atoms with Crippen LogP contribution in [-0.2, 0) is 6.42 Å². The van der Waals surface area contributed by atoms with Crippen molar-refractivity contribution < 1.29 is 14.3 Å². The van der Waals surface area contributed by atoms with E-state index in [0.29, 0.717) is 19.5 Å². The third-order valence-corrected chi connectivity index (χ3v) is 3.30. The molecule has 1 aliphatic rings. The summed E-state index contributed by atoms with van der Waals surface area (Å²) in [6.45, 7) is 3.29. The lowest BCUT2D eigenvalue weighted by Crippen LogP contribution is -2.48. The van der Waals surface area contributed by atoms with Crippen molar-refractivity contribution >= 4 is 6.09 Å². The van der Waals surface area contributed by atoms with Crippen LogP contribution in [0, 0.1) is 5.82 Å². The van der Waals surface area contributed by atoms with Crippen LogP contribution in [0.4, 0.5) is 9.18 Å². The van der Waals surface area contributed by atoms with Gasteiger partial charge < -0.3 is 10.0 Å². The molecule has 1 amide bonds. The number of amides is 1. The molecule has 1 fully saturated rings. The second-order valence-corrected chi connectivity index (χ2v) is 4.45. The van der Waals surface area contributed by atoms with E-state index in [1.165, 1.54) is 11.0 Å². The van der Waals surface area contributed by atoms with Crippen molar-refractivity contribution in [1.29, 1.82) is 0 Å². The topological polar surface area (TPSA) is 43.8 Å². The van der Waals surface area contributed by atoms with Gasteiger partial charge in [-0.2, -0.15) is 0 Å². The van der Waals surface area contributed by atoms with Crippen LogP contribution in [0.1, 0.15) is 5.56 Å². The van der Waals surface area contributed by atoms with Crippen molar-refractivity contribution in [1.82, 2.24) is 9.80 Å². The third kappa shape index (κ3) is 3.20.